The second kappa shape index (κ2) is 6.72. The first kappa shape index (κ1) is 16.0. The average Bonchev–Trinajstić information content (AvgIpc) is 2.99. The van der Waals surface area contributed by atoms with E-state index in [1.54, 1.807) is 36.1 Å². The van der Waals surface area contributed by atoms with E-state index >= 15 is 0 Å². The Labute approximate surface area is 143 Å². The van der Waals surface area contributed by atoms with Crippen molar-refractivity contribution in [3.8, 4) is 0 Å². The number of pyridine rings is 1. The molecule has 3 aromatic rings. The second-order valence-electron chi connectivity index (χ2n) is 5.31. The van der Waals surface area contributed by atoms with Gasteiger partial charge >= 0.3 is 0 Å². The van der Waals surface area contributed by atoms with Crippen LogP contribution in [0.2, 0.25) is 5.02 Å². The molecular weight excluding hydrogens is 328 g/mol. The minimum absolute atomic E-state index is 0.286. The van der Waals surface area contributed by atoms with E-state index in [9.17, 15) is 9.59 Å². The molecule has 0 radical (unpaired) electrons. The Balaban J connectivity index is 1.94. The predicted molar refractivity (Wildman–Crippen MR) is 91.0 cm³/mol. The highest BCUT2D eigenvalue weighted by Gasteiger charge is 2.20. The molecule has 3 rings (SSSR count). The van der Waals surface area contributed by atoms with Crippen LogP contribution in [0.3, 0.4) is 0 Å². The molecule has 2 aromatic heterocycles. The molecule has 2 heterocycles. The number of benzene rings is 1. The first-order valence-corrected chi connectivity index (χ1v) is 7.65. The first-order chi connectivity index (χ1) is 11.5. The highest BCUT2D eigenvalue weighted by atomic mass is 35.5. The Bertz CT molecular complexity index is 915. The van der Waals surface area contributed by atoms with Gasteiger partial charge in [0.15, 0.2) is 0 Å². The Morgan fingerprint density at radius 2 is 2.00 bits per heavy atom. The van der Waals surface area contributed by atoms with Crippen molar-refractivity contribution in [3.63, 3.8) is 0 Å². The van der Waals surface area contributed by atoms with Crippen molar-refractivity contribution >= 4 is 17.5 Å². The minimum atomic E-state index is -0.449. The minimum Gasteiger partial charge on any atom is -0.339 e. The lowest BCUT2D eigenvalue weighted by Crippen LogP contribution is -2.30. The van der Waals surface area contributed by atoms with Gasteiger partial charge in [-0.1, -0.05) is 23.7 Å². The zero-order valence-corrected chi connectivity index (χ0v) is 13.6. The summed E-state index contributed by atoms with van der Waals surface area (Å²) in [6, 6.07) is 11.4. The van der Waals surface area contributed by atoms with Gasteiger partial charge in [-0.25, -0.2) is 0 Å². The Hall–Kier alpha value is -2.86. The van der Waals surface area contributed by atoms with Crippen LogP contribution in [0, 0.1) is 0 Å². The molecule has 2 N–H and O–H groups in total. The van der Waals surface area contributed by atoms with Crippen molar-refractivity contribution in [3.05, 3.63) is 87.1 Å². The van der Waals surface area contributed by atoms with Crippen LogP contribution < -0.4 is 10.9 Å². The van der Waals surface area contributed by atoms with E-state index in [2.05, 4.69) is 15.4 Å². The highest BCUT2D eigenvalue weighted by Crippen LogP contribution is 2.22. The predicted octanol–water partition coefficient (Wildman–Crippen LogP) is 2.28. The molecule has 7 heteroatoms. The third kappa shape index (κ3) is 3.55. The highest BCUT2D eigenvalue weighted by molar-refractivity contribution is 6.30. The number of aryl methyl sites for hydroxylation is 1. The summed E-state index contributed by atoms with van der Waals surface area (Å²) in [5.74, 6) is -0.355. The van der Waals surface area contributed by atoms with Gasteiger partial charge in [-0.2, -0.15) is 5.10 Å². The van der Waals surface area contributed by atoms with E-state index in [0.29, 0.717) is 10.7 Å². The average molecular weight is 343 g/mol. The number of carbonyl (C=O) groups excluding carboxylic acids is 1. The lowest BCUT2D eigenvalue weighted by molar-refractivity contribution is 0.0942. The number of halogens is 1. The van der Waals surface area contributed by atoms with Gasteiger partial charge < -0.3 is 10.3 Å². The summed E-state index contributed by atoms with van der Waals surface area (Å²) < 4.78 is 1.66. The monoisotopic (exact) mass is 342 g/mol. The van der Waals surface area contributed by atoms with Crippen LogP contribution in [0.15, 0.2) is 59.7 Å². The van der Waals surface area contributed by atoms with Gasteiger partial charge in [-0.3, -0.25) is 14.3 Å². The molecule has 1 unspecified atom stereocenters. The van der Waals surface area contributed by atoms with E-state index in [1.165, 1.54) is 12.3 Å². The molecule has 1 atom stereocenters. The third-order valence-electron chi connectivity index (χ3n) is 3.55. The van der Waals surface area contributed by atoms with Crippen LogP contribution in [-0.4, -0.2) is 20.7 Å². The van der Waals surface area contributed by atoms with E-state index in [0.717, 1.165) is 5.56 Å². The molecule has 0 fully saturated rings. The zero-order valence-electron chi connectivity index (χ0n) is 12.9. The van der Waals surface area contributed by atoms with Crippen molar-refractivity contribution in [1.29, 1.82) is 0 Å². The molecule has 0 aliphatic rings. The third-order valence-corrected chi connectivity index (χ3v) is 3.80. The van der Waals surface area contributed by atoms with Gasteiger partial charge in [0.1, 0.15) is 0 Å². The van der Waals surface area contributed by atoms with Crippen molar-refractivity contribution in [2.24, 2.45) is 7.05 Å². The van der Waals surface area contributed by atoms with Crippen molar-refractivity contribution in [2.45, 2.75) is 6.04 Å². The Morgan fingerprint density at radius 3 is 2.62 bits per heavy atom. The van der Waals surface area contributed by atoms with Gasteiger partial charge in [0.05, 0.1) is 11.7 Å². The molecule has 0 aliphatic carbocycles. The summed E-state index contributed by atoms with van der Waals surface area (Å²) in [4.78, 5) is 26.4. The summed E-state index contributed by atoms with van der Waals surface area (Å²) in [6.45, 7) is 0. The summed E-state index contributed by atoms with van der Waals surface area (Å²) in [7, 11) is 1.81. The van der Waals surface area contributed by atoms with Gasteiger partial charge in [-0.15, -0.1) is 0 Å². The quantitative estimate of drug-likeness (QED) is 0.763. The van der Waals surface area contributed by atoms with E-state index in [4.69, 9.17) is 11.6 Å². The number of nitrogens with one attached hydrogen (secondary N) is 2. The number of rotatable bonds is 4. The summed E-state index contributed by atoms with van der Waals surface area (Å²) >= 11 is 5.94. The lowest BCUT2D eigenvalue weighted by Gasteiger charge is -2.17. The SMILES string of the molecule is Cn1ccc(C(NC(=O)c2cc[nH]c(=O)c2)c2ccc(Cl)cc2)n1. The van der Waals surface area contributed by atoms with E-state index in [-0.39, 0.29) is 17.0 Å². The number of hydrogen-bond acceptors (Lipinski definition) is 3. The fourth-order valence-electron chi connectivity index (χ4n) is 2.37. The molecule has 0 bridgehead atoms. The molecule has 0 spiro atoms. The molecule has 0 aliphatic heterocycles. The lowest BCUT2D eigenvalue weighted by atomic mass is 10.0. The maximum absolute atomic E-state index is 12.5. The van der Waals surface area contributed by atoms with Gasteiger partial charge in [0, 0.05) is 36.1 Å². The molecule has 0 saturated carbocycles. The van der Waals surface area contributed by atoms with Crippen molar-refractivity contribution in [1.82, 2.24) is 20.1 Å². The van der Waals surface area contributed by atoms with Crippen LogP contribution >= 0.6 is 11.6 Å². The summed E-state index contributed by atoms with van der Waals surface area (Å²) in [6.07, 6.45) is 3.24. The molecular formula is C17H15ClN4O2. The number of amides is 1. The van der Waals surface area contributed by atoms with Gasteiger partial charge in [0.2, 0.25) is 5.56 Å². The smallest absolute Gasteiger partial charge is 0.252 e. The number of aromatic amines is 1. The van der Waals surface area contributed by atoms with Crippen LogP contribution in [-0.2, 0) is 7.05 Å². The van der Waals surface area contributed by atoms with Crippen molar-refractivity contribution < 1.29 is 4.79 Å². The number of hydrogen-bond donors (Lipinski definition) is 2. The number of H-pyrrole nitrogens is 1. The van der Waals surface area contributed by atoms with Crippen LogP contribution in [0.1, 0.15) is 27.7 Å². The maximum atomic E-state index is 12.5. The van der Waals surface area contributed by atoms with Crippen LogP contribution in [0.5, 0.6) is 0 Å². The first-order valence-electron chi connectivity index (χ1n) is 7.27. The fraction of sp³-hybridized carbons (Fsp3) is 0.118. The molecule has 122 valence electrons. The van der Waals surface area contributed by atoms with Crippen LogP contribution in [0.4, 0.5) is 0 Å². The number of aromatic nitrogens is 3. The van der Waals surface area contributed by atoms with E-state index < -0.39 is 6.04 Å². The topological polar surface area (TPSA) is 79.8 Å². The number of carbonyl (C=O) groups is 1. The maximum Gasteiger partial charge on any atom is 0.252 e. The molecule has 24 heavy (non-hydrogen) atoms. The molecule has 1 amide bonds. The Morgan fingerprint density at radius 1 is 1.25 bits per heavy atom. The van der Waals surface area contributed by atoms with Crippen molar-refractivity contribution in [2.75, 3.05) is 0 Å². The standard InChI is InChI=1S/C17H15ClN4O2/c1-22-9-7-14(21-22)16(11-2-4-13(18)5-3-11)20-17(24)12-6-8-19-15(23)10-12/h2-10,16H,1H3,(H,19,23)(H,20,24). The summed E-state index contributed by atoms with van der Waals surface area (Å²) in [5, 5.41) is 7.90. The molecule has 0 saturated heterocycles. The van der Waals surface area contributed by atoms with E-state index in [1.807, 2.05) is 18.2 Å². The van der Waals surface area contributed by atoms with Gasteiger partial charge in [-0.05, 0) is 29.8 Å². The Kier molecular flexibility index (Phi) is 4.48. The normalized spacial score (nSPS) is 11.9. The summed E-state index contributed by atoms with van der Waals surface area (Å²) in [5.41, 5.74) is 1.49. The van der Waals surface area contributed by atoms with Gasteiger partial charge in [0.25, 0.3) is 5.91 Å². The second-order valence-corrected chi connectivity index (χ2v) is 5.75. The zero-order chi connectivity index (χ0) is 17.1. The molecule has 6 nitrogen and oxygen atoms in total. The largest absolute Gasteiger partial charge is 0.339 e. The van der Waals surface area contributed by atoms with Crippen LogP contribution in [0.25, 0.3) is 0 Å². The number of nitrogens with zero attached hydrogens (tertiary/aromatic N) is 2. The fourth-order valence-corrected chi connectivity index (χ4v) is 2.50. The molecule has 1 aromatic carbocycles.